The summed E-state index contributed by atoms with van der Waals surface area (Å²) >= 11 is 0. The van der Waals surface area contributed by atoms with Gasteiger partial charge in [0.05, 0.1) is 0 Å². The van der Waals surface area contributed by atoms with Crippen molar-refractivity contribution in [3.05, 3.63) is 208 Å². The van der Waals surface area contributed by atoms with E-state index in [0.29, 0.717) is 16.9 Å². The van der Waals surface area contributed by atoms with E-state index in [1.807, 2.05) is 91.0 Å². The van der Waals surface area contributed by atoms with Gasteiger partial charge >= 0.3 is 17.4 Å². The minimum atomic E-state index is -0.150. The normalized spacial score (nSPS) is 11.0. The largest absolute Gasteiger partial charge is 4.00 e. The van der Waals surface area contributed by atoms with E-state index in [1.54, 1.807) is 24.3 Å². The molecule has 0 fully saturated rings. The van der Waals surface area contributed by atoms with Crippen LogP contribution in [0.1, 0.15) is 128 Å². The van der Waals surface area contributed by atoms with Crippen LogP contribution in [0.25, 0.3) is 10.8 Å². The molecule has 6 nitrogen and oxygen atoms in total. The van der Waals surface area contributed by atoms with Crippen molar-refractivity contribution < 1.29 is 37.4 Å². The average Bonchev–Trinajstić information content (AvgIpc) is 3.21. The van der Waals surface area contributed by atoms with Gasteiger partial charge < -0.3 is 30.9 Å². The molecule has 6 rings (SSSR count). The maximum Gasteiger partial charge on any atom is 4.00 e. The summed E-state index contributed by atoms with van der Waals surface area (Å²) in [5.74, 6) is 2.10. The Morgan fingerprint density at radius 2 is 0.746 bits per heavy atom. The second kappa shape index (κ2) is 23.5. The number of ether oxygens (including phenoxy) is 1. The molecule has 0 unspecified atom stereocenters. The van der Waals surface area contributed by atoms with Gasteiger partial charge in [0.15, 0.2) is 0 Å². The van der Waals surface area contributed by atoms with Crippen LogP contribution in [0, 0.1) is 12.8 Å². The fourth-order valence-corrected chi connectivity index (χ4v) is 5.98. The summed E-state index contributed by atoms with van der Waals surface area (Å²) in [5, 5.41) is 47.7. The van der Waals surface area contributed by atoms with Gasteiger partial charge in [-0.1, -0.05) is 126 Å². The molecule has 0 aliphatic heterocycles. The molecule has 0 saturated carbocycles. The van der Waals surface area contributed by atoms with Crippen molar-refractivity contribution in [1.29, 1.82) is 0 Å². The maximum absolute atomic E-state index is 10.1. The molecule has 63 heavy (non-hydrogen) atoms. The third-order valence-corrected chi connectivity index (χ3v) is 9.79. The van der Waals surface area contributed by atoms with E-state index in [1.165, 1.54) is 11.1 Å². The van der Waals surface area contributed by atoms with Crippen molar-refractivity contribution in [2.45, 2.75) is 105 Å². The molecule has 0 atom stereocenters. The van der Waals surface area contributed by atoms with Gasteiger partial charge in [-0.2, -0.15) is 36.7 Å². The van der Waals surface area contributed by atoms with Crippen LogP contribution in [0.2, 0.25) is 0 Å². The van der Waals surface area contributed by atoms with E-state index < -0.39 is 0 Å². The van der Waals surface area contributed by atoms with Crippen LogP contribution >= 0.6 is 0 Å². The summed E-state index contributed by atoms with van der Waals surface area (Å²) in [6.45, 7) is 25.0. The van der Waals surface area contributed by atoms with Gasteiger partial charge in [-0.3, -0.25) is 0 Å². The first-order chi connectivity index (χ1) is 28.9. The minimum Gasteiger partial charge on any atom is -0.810 e. The zero-order valence-corrected chi connectivity index (χ0v) is 40.4. The number of phenols is 3. The van der Waals surface area contributed by atoms with Gasteiger partial charge in [-0.25, -0.2) is 24.0 Å². The van der Waals surface area contributed by atoms with Crippen molar-refractivity contribution >= 4 is 12.4 Å². The Morgan fingerprint density at radius 1 is 0.429 bits per heavy atom. The number of rotatable bonds is 7. The van der Waals surface area contributed by atoms with Gasteiger partial charge in [0.2, 0.25) is 0 Å². The monoisotopic (exact) mass is 882 g/mol. The first-order valence-electron chi connectivity index (χ1n) is 20.9. The maximum atomic E-state index is 10.1. The molecule has 0 saturated heterocycles. The molecule has 0 heterocycles. The van der Waals surface area contributed by atoms with Crippen molar-refractivity contribution in [3.8, 4) is 28.7 Å². The van der Waals surface area contributed by atoms with Crippen LogP contribution in [0.3, 0.4) is 0 Å². The van der Waals surface area contributed by atoms with Crippen LogP contribution in [0.5, 0.6) is 28.7 Å². The van der Waals surface area contributed by atoms with Crippen LogP contribution in [-0.2, 0) is 39.0 Å². The smallest absolute Gasteiger partial charge is 0.810 e. The molecular weight excluding hydrogens is 817 g/mol. The van der Waals surface area contributed by atoms with Crippen LogP contribution in [-0.4, -0.2) is 27.7 Å². The number of aromatic hydroxyl groups is 3. The predicted molar refractivity (Wildman–Crippen MR) is 262 cm³/mol. The SMILES string of the molecule is CC(C)(C)c1cc(C=[N-])c(O)c(C(C)(C)C)c1.CC(C)(C)c1cc(C=[N-])c(O)c(C(C)(C)C)c1.Oc1ccc(Oc2ccccc2)cc1.[Cr+4].c1ccc([CH-][CH-]c2ccccc2)cc1. The fourth-order valence-electron chi connectivity index (χ4n) is 5.98. The molecule has 6 aromatic carbocycles. The Hall–Kier alpha value is -5.87. The molecule has 0 aromatic heterocycles. The summed E-state index contributed by atoms with van der Waals surface area (Å²) in [4.78, 5) is 0. The van der Waals surface area contributed by atoms with Crippen molar-refractivity contribution in [3.63, 3.8) is 0 Å². The van der Waals surface area contributed by atoms with E-state index in [9.17, 15) is 21.0 Å². The van der Waals surface area contributed by atoms with E-state index >= 15 is 0 Å². The Bertz CT molecular complexity index is 2170. The van der Waals surface area contributed by atoms with E-state index in [-0.39, 0.29) is 56.3 Å². The molecule has 0 aliphatic carbocycles. The van der Waals surface area contributed by atoms with Gasteiger partial charge in [0.25, 0.3) is 0 Å². The summed E-state index contributed by atoms with van der Waals surface area (Å²) in [7, 11) is 0. The molecule has 330 valence electrons. The van der Waals surface area contributed by atoms with E-state index in [0.717, 1.165) is 40.4 Å². The summed E-state index contributed by atoms with van der Waals surface area (Å²) in [6.07, 6.45) is 6.18. The number of nitrogens with zero attached hydrogens (tertiary/aromatic N) is 2. The van der Waals surface area contributed by atoms with Gasteiger partial charge in [0, 0.05) is 11.1 Å². The quantitative estimate of drug-likeness (QED) is 0.109. The number of hydrogen-bond donors (Lipinski definition) is 3. The minimum absolute atomic E-state index is 0. The van der Waals surface area contributed by atoms with Crippen LogP contribution < -0.4 is 4.74 Å². The second-order valence-corrected chi connectivity index (χ2v) is 19.2. The molecule has 6 aromatic rings. The third-order valence-electron chi connectivity index (χ3n) is 9.79. The van der Waals surface area contributed by atoms with E-state index in [4.69, 9.17) is 9.84 Å². The zero-order chi connectivity index (χ0) is 46.3. The fraction of sp³-hybridized carbons (Fsp3) is 0.286. The molecule has 0 spiro atoms. The molecule has 7 heteroatoms. The van der Waals surface area contributed by atoms with Gasteiger partial charge in [0.1, 0.15) is 28.7 Å². The third kappa shape index (κ3) is 17.4. The summed E-state index contributed by atoms with van der Waals surface area (Å²) in [5.41, 5.74) is 7.08. The van der Waals surface area contributed by atoms with Gasteiger partial charge in [-0.05, 0) is 92.4 Å². The number of para-hydroxylation sites is 1. The molecule has 3 N–H and O–H groups in total. The Balaban J connectivity index is 0.000000288. The molecule has 0 aliphatic rings. The topological polar surface area (TPSA) is 115 Å². The zero-order valence-electron chi connectivity index (χ0n) is 39.1. The first-order valence-corrected chi connectivity index (χ1v) is 20.9. The van der Waals surface area contributed by atoms with Crippen LogP contribution in [0.4, 0.5) is 0 Å². The summed E-state index contributed by atoms with van der Waals surface area (Å²) < 4.78 is 5.52. The van der Waals surface area contributed by atoms with Crippen molar-refractivity contribution in [1.82, 2.24) is 0 Å². The molecule has 0 bridgehead atoms. The average molecular weight is 883 g/mol. The Labute approximate surface area is 389 Å². The molecule has 0 radical (unpaired) electrons. The first kappa shape index (κ1) is 53.3. The second-order valence-electron chi connectivity index (χ2n) is 19.2. The Morgan fingerprint density at radius 3 is 1.05 bits per heavy atom. The standard InChI is InChI=1S/2C15H22NO.C14H12.C12H10O2.Cr/c2*1-14(2,3)11-7-10(9-16)13(17)12(8-11)15(4,5)6;1-3-7-13(8-4-1)11-12-14-9-5-2-6-10-14;13-10-6-8-12(9-7-10)14-11-4-2-1-3-5-11;/h2*7-9,17H,1-6H3;1-12H;1-9,13H;/q2*-1;-2;;+4. The Kier molecular flexibility index (Phi) is 19.9. The summed E-state index contributed by atoms with van der Waals surface area (Å²) in [6, 6.07) is 44.5. The van der Waals surface area contributed by atoms with Gasteiger partial charge in [-0.15, -0.1) is 24.3 Å². The number of phenolic OH excluding ortho intramolecular Hbond substituents is 3. The molecule has 0 amide bonds. The predicted octanol–water partition coefficient (Wildman–Crippen LogP) is 14.6. The van der Waals surface area contributed by atoms with Crippen LogP contribution in [0.15, 0.2) is 140 Å². The molecular formula is C56H66CrN2O4. The number of hydrogen-bond acceptors (Lipinski definition) is 4. The van der Waals surface area contributed by atoms with Crippen molar-refractivity contribution in [2.24, 2.45) is 0 Å². The number of benzene rings is 6. The van der Waals surface area contributed by atoms with Crippen molar-refractivity contribution in [2.75, 3.05) is 0 Å². The van der Waals surface area contributed by atoms with E-state index in [2.05, 4.69) is 120 Å².